The highest BCUT2D eigenvalue weighted by atomic mass is 35.5. The molecule has 2 N–H and O–H groups in total. The molecule has 3 rings (SSSR count). The van der Waals surface area contributed by atoms with Crippen LogP contribution in [0, 0.1) is 0 Å². The Morgan fingerprint density at radius 1 is 1.19 bits per heavy atom. The first kappa shape index (κ1) is 19.4. The van der Waals surface area contributed by atoms with E-state index in [1.165, 1.54) is 16.7 Å². The van der Waals surface area contributed by atoms with Gasteiger partial charge in [0.25, 0.3) is 5.91 Å². The van der Waals surface area contributed by atoms with E-state index in [-0.39, 0.29) is 30.5 Å². The summed E-state index contributed by atoms with van der Waals surface area (Å²) < 4.78 is 0.421. The van der Waals surface area contributed by atoms with Crippen molar-refractivity contribution in [3.05, 3.63) is 64.0 Å². The molecule has 1 aliphatic heterocycles. The van der Waals surface area contributed by atoms with Crippen LogP contribution in [0.5, 0.6) is 5.75 Å². The number of halogens is 1. The zero-order valence-corrected chi connectivity index (χ0v) is 16.4. The molecule has 1 fully saturated rings. The lowest BCUT2D eigenvalue weighted by Crippen LogP contribution is -2.31. The van der Waals surface area contributed by atoms with Gasteiger partial charge in [-0.3, -0.25) is 14.5 Å². The number of nitrogens with zero attached hydrogens (tertiary/aromatic N) is 1. The number of thioether (sulfide) groups is 1. The van der Waals surface area contributed by atoms with Crippen molar-refractivity contribution < 1.29 is 14.7 Å². The van der Waals surface area contributed by atoms with Gasteiger partial charge in [-0.25, -0.2) is 0 Å². The van der Waals surface area contributed by atoms with Crippen LogP contribution in [0.3, 0.4) is 0 Å². The van der Waals surface area contributed by atoms with Crippen molar-refractivity contribution in [1.29, 1.82) is 0 Å². The molecule has 0 spiro atoms. The molecule has 2 aromatic rings. The van der Waals surface area contributed by atoms with Crippen LogP contribution in [-0.2, 0) is 9.59 Å². The Morgan fingerprint density at radius 2 is 1.85 bits per heavy atom. The van der Waals surface area contributed by atoms with Gasteiger partial charge >= 0.3 is 0 Å². The first-order valence-electron chi connectivity index (χ1n) is 8.02. The molecule has 2 aromatic carbocycles. The predicted molar refractivity (Wildman–Crippen MR) is 113 cm³/mol. The second-order valence-corrected chi connectivity index (χ2v) is 7.84. The largest absolute Gasteiger partial charge is 0.508 e. The highest BCUT2D eigenvalue weighted by Crippen LogP contribution is 2.32. The average molecular weight is 419 g/mol. The fourth-order valence-corrected chi connectivity index (χ4v) is 3.82. The van der Waals surface area contributed by atoms with Crippen LogP contribution in [0.2, 0.25) is 5.02 Å². The summed E-state index contributed by atoms with van der Waals surface area (Å²) in [7, 11) is 0. The maximum atomic E-state index is 12.5. The Hall–Kier alpha value is -2.35. The molecular weight excluding hydrogens is 404 g/mol. The zero-order chi connectivity index (χ0) is 19.4. The summed E-state index contributed by atoms with van der Waals surface area (Å²) in [6.45, 7) is 0.205. The SMILES string of the molecule is O=C(CCN1C(=O)/C(=C/c2ccc(O)cc2)SC1=S)Nc1ccc(Cl)cc1. The third kappa shape index (κ3) is 5.09. The minimum atomic E-state index is -0.225. The van der Waals surface area contributed by atoms with E-state index in [1.54, 1.807) is 54.6 Å². The van der Waals surface area contributed by atoms with E-state index in [9.17, 15) is 14.7 Å². The van der Waals surface area contributed by atoms with E-state index in [1.807, 2.05) is 0 Å². The van der Waals surface area contributed by atoms with Gasteiger partial charge in [0.05, 0.1) is 4.91 Å². The van der Waals surface area contributed by atoms with Crippen molar-refractivity contribution in [2.45, 2.75) is 6.42 Å². The lowest BCUT2D eigenvalue weighted by Gasteiger charge is -2.14. The molecule has 0 saturated carbocycles. The van der Waals surface area contributed by atoms with E-state index in [0.717, 1.165) is 5.56 Å². The monoisotopic (exact) mass is 418 g/mol. The number of amides is 2. The number of thiocarbonyl (C=S) groups is 1. The zero-order valence-electron chi connectivity index (χ0n) is 14.0. The smallest absolute Gasteiger partial charge is 0.266 e. The highest BCUT2D eigenvalue weighted by molar-refractivity contribution is 8.26. The fraction of sp³-hybridized carbons (Fsp3) is 0.105. The molecule has 0 bridgehead atoms. The Bertz CT molecular complexity index is 912. The minimum Gasteiger partial charge on any atom is -0.508 e. The van der Waals surface area contributed by atoms with E-state index >= 15 is 0 Å². The molecule has 0 radical (unpaired) electrons. The summed E-state index contributed by atoms with van der Waals surface area (Å²) in [5.74, 6) is -0.280. The molecule has 0 atom stereocenters. The van der Waals surface area contributed by atoms with E-state index in [4.69, 9.17) is 23.8 Å². The maximum Gasteiger partial charge on any atom is 0.266 e. The number of hydrogen-bond acceptors (Lipinski definition) is 5. The molecule has 1 aliphatic rings. The number of hydrogen-bond donors (Lipinski definition) is 2. The minimum absolute atomic E-state index is 0.127. The molecule has 0 aromatic heterocycles. The number of aromatic hydroxyl groups is 1. The second-order valence-electron chi connectivity index (χ2n) is 5.73. The predicted octanol–water partition coefficient (Wildman–Crippen LogP) is 4.28. The number of anilines is 1. The van der Waals surface area contributed by atoms with Gasteiger partial charge in [-0.1, -0.05) is 47.7 Å². The Balaban J connectivity index is 1.59. The van der Waals surface area contributed by atoms with Crippen LogP contribution in [0.1, 0.15) is 12.0 Å². The average Bonchev–Trinajstić information content (AvgIpc) is 2.90. The molecule has 27 heavy (non-hydrogen) atoms. The molecule has 8 heteroatoms. The normalized spacial score (nSPS) is 15.4. The number of carbonyl (C=O) groups is 2. The van der Waals surface area contributed by atoms with Crippen LogP contribution >= 0.6 is 35.6 Å². The Labute approximate surface area is 171 Å². The van der Waals surface area contributed by atoms with Gasteiger partial charge in [-0.15, -0.1) is 0 Å². The molecule has 138 valence electrons. The van der Waals surface area contributed by atoms with Gasteiger partial charge in [-0.05, 0) is 48.0 Å². The third-order valence-corrected chi connectivity index (χ3v) is 5.38. The van der Waals surface area contributed by atoms with Gasteiger partial charge in [0.15, 0.2) is 0 Å². The number of nitrogens with one attached hydrogen (secondary N) is 1. The van der Waals surface area contributed by atoms with Gasteiger partial charge in [0.2, 0.25) is 5.91 Å². The van der Waals surface area contributed by atoms with Crippen LogP contribution in [0.4, 0.5) is 5.69 Å². The first-order valence-corrected chi connectivity index (χ1v) is 9.62. The van der Waals surface area contributed by atoms with Crippen molar-refractivity contribution in [1.82, 2.24) is 4.90 Å². The fourth-order valence-electron chi connectivity index (χ4n) is 2.38. The van der Waals surface area contributed by atoms with Crippen molar-refractivity contribution >= 4 is 63.5 Å². The Morgan fingerprint density at radius 3 is 2.52 bits per heavy atom. The van der Waals surface area contributed by atoms with Gasteiger partial charge in [0, 0.05) is 23.7 Å². The molecule has 1 heterocycles. The number of carbonyl (C=O) groups excluding carboxylic acids is 2. The third-order valence-electron chi connectivity index (χ3n) is 3.75. The van der Waals surface area contributed by atoms with Crippen molar-refractivity contribution in [2.75, 3.05) is 11.9 Å². The first-order chi connectivity index (χ1) is 12.9. The van der Waals surface area contributed by atoms with E-state index < -0.39 is 0 Å². The number of phenolic OH excluding ortho intramolecular Hbond substituents is 1. The Kier molecular flexibility index (Phi) is 6.15. The molecule has 5 nitrogen and oxygen atoms in total. The van der Waals surface area contributed by atoms with Crippen LogP contribution in [0.25, 0.3) is 6.08 Å². The van der Waals surface area contributed by atoms with Crippen LogP contribution in [0.15, 0.2) is 53.4 Å². The van der Waals surface area contributed by atoms with Crippen molar-refractivity contribution in [3.8, 4) is 5.75 Å². The van der Waals surface area contributed by atoms with Crippen LogP contribution < -0.4 is 5.32 Å². The van der Waals surface area contributed by atoms with Crippen LogP contribution in [-0.4, -0.2) is 32.7 Å². The molecule has 0 aliphatic carbocycles. The summed E-state index contributed by atoms with van der Waals surface area (Å²) in [6, 6.07) is 13.3. The summed E-state index contributed by atoms with van der Waals surface area (Å²) in [5.41, 5.74) is 1.43. The van der Waals surface area contributed by atoms with Gasteiger partial charge < -0.3 is 10.4 Å². The topological polar surface area (TPSA) is 69.6 Å². The number of benzene rings is 2. The standard InChI is InChI=1S/C19H15ClN2O3S2/c20-13-3-5-14(6-4-13)21-17(24)9-10-22-18(25)16(27-19(22)26)11-12-1-7-15(23)8-2-12/h1-8,11,23H,9-10H2,(H,21,24)/b16-11-. The lowest BCUT2D eigenvalue weighted by atomic mass is 10.2. The summed E-state index contributed by atoms with van der Waals surface area (Å²) in [6.07, 6.45) is 1.84. The molecule has 1 saturated heterocycles. The molecule has 2 amide bonds. The van der Waals surface area contributed by atoms with Crippen molar-refractivity contribution in [3.63, 3.8) is 0 Å². The summed E-state index contributed by atoms with van der Waals surface area (Å²) in [5, 5.41) is 12.7. The van der Waals surface area contributed by atoms with Gasteiger partial charge in [-0.2, -0.15) is 0 Å². The second kappa shape index (κ2) is 8.56. The van der Waals surface area contributed by atoms with E-state index in [0.29, 0.717) is 19.9 Å². The molecular formula is C19H15ClN2O3S2. The molecule has 0 unspecified atom stereocenters. The maximum absolute atomic E-state index is 12.5. The lowest BCUT2D eigenvalue weighted by molar-refractivity contribution is -0.122. The van der Waals surface area contributed by atoms with Crippen molar-refractivity contribution in [2.24, 2.45) is 0 Å². The van der Waals surface area contributed by atoms with E-state index in [2.05, 4.69) is 5.32 Å². The highest BCUT2D eigenvalue weighted by Gasteiger charge is 2.32. The quantitative estimate of drug-likeness (QED) is 0.560. The van der Waals surface area contributed by atoms with Gasteiger partial charge in [0.1, 0.15) is 10.1 Å². The summed E-state index contributed by atoms with van der Waals surface area (Å²) in [4.78, 5) is 26.6. The number of rotatable bonds is 5. The number of phenols is 1. The summed E-state index contributed by atoms with van der Waals surface area (Å²) >= 11 is 12.3.